The highest BCUT2D eigenvalue weighted by atomic mass is 35.5. The van der Waals surface area contributed by atoms with Crippen LogP contribution >= 0.6 is 11.6 Å². The highest BCUT2D eigenvalue weighted by Crippen LogP contribution is 2.23. The molecule has 0 heterocycles. The summed E-state index contributed by atoms with van der Waals surface area (Å²) in [6.07, 6.45) is 1.08. The second kappa shape index (κ2) is 8.10. The number of halogens is 1. The molecular formula is C19H23ClN2O3S. The Bertz CT molecular complexity index is 865. The van der Waals surface area contributed by atoms with Gasteiger partial charge in [0.1, 0.15) is 6.04 Å². The molecule has 0 saturated carbocycles. The van der Waals surface area contributed by atoms with E-state index in [1.54, 1.807) is 31.2 Å². The van der Waals surface area contributed by atoms with Crippen molar-refractivity contribution in [1.29, 1.82) is 0 Å². The summed E-state index contributed by atoms with van der Waals surface area (Å²) >= 11 is 5.87. The van der Waals surface area contributed by atoms with Gasteiger partial charge in [-0.3, -0.25) is 9.10 Å². The van der Waals surface area contributed by atoms with E-state index in [-0.39, 0.29) is 11.9 Å². The normalized spacial score (nSPS) is 13.7. The SMILES string of the molecule is Cc1ccc([C@@H](C)NC(=O)[C@H](C)N(c2ccc(Cl)cc2)S(C)(=O)=O)cc1. The molecule has 1 amide bonds. The third-order valence-corrected chi connectivity index (χ3v) is 5.60. The fraction of sp³-hybridized carbons (Fsp3) is 0.316. The third kappa shape index (κ3) is 4.99. The Morgan fingerprint density at radius 2 is 1.58 bits per heavy atom. The van der Waals surface area contributed by atoms with Gasteiger partial charge in [0.15, 0.2) is 0 Å². The molecule has 0 saturated heterocycles. The topological polar surface area (TPSA) is 66.5 Å². The van der Waals surface area contributed by atoms with Gasteiger partial charge in [0, 0.05) is 5.02 Å². The summed E-state index contributed by atoms with van der Waals surface area (Å²) in [6.45, 7) is 5.42. The zero-order chi connectivity index (χ0) is 19.5. The van der Waals surface area contributed by atoms with Gasteiger partial charge in [0.2, 0.25) is 15.9 Å². The lowest BCUT2D eigenvalue weighted by atomic mass is 10.1. The molecule has 0 aliphatic heterocycles. The minimum Gasteiger partial charge on any atom is -0.348 e. The first-order valence-corrected chi connectivity index (χ1v) is 10.4. The van der Waals surface area contributed by atoms with E-state index >= 15 is 0 Å². The van der Waals surface area contributed by atoms with Crippen molar-refractivity contribution >= 4 is 33.2 Å². The molecule has 0 aromatic heterocycles. The van der Waals surface area contributed by atoms with Gasteiger partial charge >= 0.3 is 0 Å². The van der Waals surface area contributed by atoms with Crippen molar-refractivity contribution in [3.05, 3.63) is 64.7 Å². The lowest BCUT2D eigenvalue weighted by Gasteiger charge is -2.29. The summed E-state index contributed by atoms with van der Waals surface area (Å²) < 4.78 is 25.6. The molecule has 0 spiro atoms. The average molecular weight is 395 g/mol. The first-order chi connectivity index (χ1) is 12.1. The third-order valence-electron chi connectivity index (χ3n) is 4.11. The van der Waals surface area contributed by atoms with Gasteiger partial charge in [-0.15, -0.1) is 0 Å². The smallest absolute Gasteiger partial charge is 0.244 e. The zero-order valence-electron chi connectivity index (χ0n) is 15.2. The average Bonchev–Trinajstić information content (AvgIpc) is 2.56. The molecule has 1 N–H and O–H groups in total. The number of carbonyl (C=O) groups excluding carboxylic acids is 1. The van der Waals surface area contributed by atoms with E-state index in [0.29, 0.717) is 10.7 Å². The van der Waals surface area contributed by atoms with Crippen LogP contribution in [0.25, 0.3) is 0 Å². The van der Waals surface area contributed by atoms with E-state index < -0.39 is 16.1 Å². The van der Waals surface area contributed by atoms with Crippen LogP contribution in [0.3, 0.4) is 0 Å². The largest absolute Gasteiger partial charge is 0.348 e. The summed E-state index contributed by atoms with van der Waals surface area (Å²) in [6, 6.07) is 13.0. The molecule has 0 fully saturated rings. The first-order valence-electron chi connectivity index (χ1n) is 8.21. The minimum absolute atomic E-state index is 0.239. The van der Waals surface area contributed by atoms with Crippen molar-refractivity contribution in [2.75, 3.05) is 10.6 Å². The summed E-state index contributed by atoms with van der Waals surface area (Å²) in [7, 11) is -3.65. The fourth-order valence-electron chi connectivity index (χ4n) is 2.67. The predicted molar refractivity (Wildman–Crippen MR) is 106 cm³/mol. The van der Waals surface area contributed by atoms with Crippen LogP contribution in [-0.4, -0.2) is 26.6 Å². The summed E-state index contributed by atoms with van der Waals surface area (Å²) in [5, 5.41) is 3.37. The molecule has 0 bridgehead atoms. The minimum atomic E-state index is -3.65. The van der Waals surface area contributed by atoms with Gasteiger partial charge < -0.3 is 5.32 Å². The molecule has 0 radical (unpaired) electrons. The van der Waals surface area contributed by atoms with E-state index in [1.165, 1.54) is 0 Å². The maximum Gasteiger partial charge on any atom is 0.244 e. The van der Waals surface area contributed by atoms with Crippen LogP contribution in [0.1, 0.15) is 31.0 Å². The highest BCUT2D eigenvalue weighted by Gasteiger charge is 2.29. The monoisotopic (exact) mass is 394 g/mol. The number of rotatable bonds is 6. The number of benzene rings is 2. The molecule has 2 aromatic carbocycles. The second-order valence-electron chi connectivity index (χ2n) is 6.35. The molecule has 5 nitrogen and oxygen atoms in total. The van der Waals surface area contributed by atoms with Crippen molar-refractivity contribution in [2.24, 2.45) is 0 Å². The molecule has 0 aliphatic rings. The number of nitrogens with zero attached hydrogens (tertiary/aromatic N) is 1. The number of sulfonamides is 1. The second-order valence-corrected chi connectivity index (χ2v) is 8.65. The van der Waals surface area contributed by atoms with Crippen LogP contribution < -0.4 is 9.62 Å². The van der Waals surface area contributed by atoms with Crippen LogP contribution in [0.15, 0.2) is 48.5 Å². The van der Waals surface area contributed by atoms with E-state index in [0.717, 1.165) is 21.7 Å². The van der Waals surface area contributed by atoms with Gasteiger partial charge in [-0.2, -0.15) is 0 Å². The van der Waals surface area contributed by atoms with E-state index in [4.69, 9.17) is 11.6 Å². The van der Waals surface area contributed by atoms with Crippen LogP contribution in [0.4, 0.5) is 5.69 Å². The summed E-state index contributed by atoms with van der Waals surface area (Å²) in [5.74, 6) is -0.376. The Labute approximate surface area is 160 Å². The number of carbonyl (C=O) groups is 1. The molecule has 0 aliphatic carbocycles. The van der Waals surface area contributed by atoms with E-state index in [9.17, 15) is 13.2 Å². The Balaban J connectivity index is 2.22. The van der Waals surface area contributed by atoms with Gasteiger partial charge in [0.05, 0.1) is 18.0 Å². The number of hydrogen-bond donors (Lipinski definition) is 1. The zero-order valence-corrected chi connectivity index (χ0v) is 16.8. The number of hydrogen-bond acceptors (Lipinski definition) is 3. The van der Waals surface area contributed by atoms with Crippen LogP contribution in [0.5, 0.6) is 0 Å². The first kappa shape index (κ1) is 20.3. The van der Waals surface area contributed by atoms with Gasteiger partial charge in [0.25, 0.3) is 0 Å². The summed E-state index contributed by atoms with van der Waals surface area (Å²) in [5.41, 5.74) is 2.47. The van der Waals surface area contributed by atoms with Crippen molar-refractivity contribution in [3.8, 4) is 0 Å². The number of aryl methyl sites for hydroxylation is 1. The quantitative estimate of drug-likeness (QED) is 0.812. The van der Waals surface area contributed by atoms with Crippen molar-refractivity contribution < 1.29 is 13.2 Å². The van der Waals surface area contributed by atoms with Crippen LogP contribution in [-0.2, 0) is 14.8 Å². The number of anilines is 1. The predicted octanol–water partition coefficient (Wildman–Crippen LogP) is 3.68. The Morgan fingerprint density at radius 3 is 2.08 bits per heavy atom. The molecule has 7 heteroatoms. The molecule has 0 unspecified atom stereocenters. The van der Waals surface area contributed by atoms with Crippen LogP contribution in [0, 0.1) is 6.92 Å². The number of nitrogens with one attached hydrogen (secondary N) is 1. The van der Waals surface area contributed by atoms with Gasteiger partial charge in [-0.25, -0.2) is 8.42 Å². The molecule has 2 atom stereocenters. The molecule has 2 aromatic rings. The number of amides is 1. The molecule has 26 heavy (non-hydrogen) atoms. The van der Waals surface area contributed by atoms with Crippen molar-refractivity contribution in [3.63, 3.8) is 0 Å². The Kier molecular flexibility index (Phi) is 6.31. The Morgan fingerprint density at radius 1 is 1.04 bits per heavy atom. The molecule has 2 rings (SSSR count). The molecule has 140 valence electrons. The van der Waals surface area contributed by atoms with Gasteiger partial charge in [-0.05, 0) is 50.6 Å². The van der Waals surface area contributed by atoms with Gasteiger partial charge in [-0.1, -0.05) is 41.4 Å². The van der Waals surface area contributed by atoms with Crippen molar-refractivity contribution in [1.82, 2.24) is 5.32 Å². The standard InChI is InChI=1S/C19H23ClN2O3S/c1-13-5-7-16(8-6-13)14(2)21-19(23)15(3)22(26(4,24)25)18-11-9-17(20)10-12-18/h5-12,14-15H,1-4H3,(H,21,23)/t14-,15+/m1/s1. The van der Waals surface area contributed by atoms with E-state index in [1.807, 2.05) is 38.1 Å². The Hall–Kier alpha value is -2.05. The highest BCUT2D eigenvalue weighted by molar-refractivity contribution is 7.92. The lowest BCUT2D eigenvalue weighted by molar-refractivity contribution is -0.122. The van der Waals surface area contributed by atoms with Crippen LogP contribution in [0.2, 0.25) is 5.02 Å². The maximum atomic E-state index is 12.7. The fourth-order valence-corrected chi connectivity index (χ4v) is 3.97. The lowest BCUT2D eigenvalue weighted by Crippen LogP contribution is -2.48. The molecular weight excluding hydrogens is 372 g/mol. The summed E-state index contributed by atoms with van der Waals surface area (Å²) in [4.78, 5) is 12.7. The maximum absolute atomic E-state index is 12.7. The van der Waals surface area contributed by atoms with Crippen molar-refractivity contribution in [2.45, 2.75) is 32.9 Å². The van der Waals surface area contributed by atoms with E-state index in [2.05, 4.69) is 5.32 Å².